The van der Waals surface area contributed by atoms with Gasteiger partial charge in [-0.05, 0) is 18.9 Å². The third-order valence-corrected chi connectivity index (χ3v) is 5.71. The summed E-state index contributed by atoms with van der Waals surface area (Å²) in [6.45, 7) is 3.34. The number of amides is 2. The highest BCUT2D eigenvalue weighted by Gasteiger charge is 2.35. The maximum atomic E-state index is 12.6. The molecule has 2 aromatic carbocycles. The molecule has 1 aliphatic heterocycles. The zero-order valence-corrected chi connectivity index (χ0v) is 19.6. The molecule has 3 rings (SSSR count). The van der Waals surface area contributed by atoms with Gasteiger partial charge in [0.2, 0.25) is 17.6 Å². The first-order chi connectivity index (χ1) is 16.0. The van der Waals surface area contributed by atoms with Gasteiger partial charge in [-0.1, -0.05) is 30.3 Å². The molecule has 1 heterocycles. The molecule has 0 aliphatic carbocycles. The van der Waals surface area contributed by atoms with Crippen molar-refractivity contribution in [2.24, 2.45) is 5.92 Å². The zero-order valence-electron chi connectivity index (χ0n) is 19.6. The highest BCUT2D eigenvalue weighted by Crippen LogP contribution is 2.42. The van der Waals surface area contributed by atoms with Crippen LogP contribution in [-0.4, -0.2) is 52.8 Å². The van der Waals surface area contributed by atoms with Crippen molar-refractivity contribution in [2.45, 2.75) is 25.9 Å². The molecule has 2 unspecified atom stereocenters. The van der Waals surface area contributed by atoms with Gasteiger partial charge in [0, 0.05) is 38.2 Å². The minimum Gasteiger partial charge on any atom is -0.493 e. The summed E-state index contributed by atoms with van der Waals surface area (Å²) < 4.78 is 21.9. The number of hydrogen-bond acceptors (Lipinski definition) is 6. The van der Waals surface area contributed by atoms with Crippen molar-refractivity contribution >= 4 is 17.5 Å². The SMILES string of the molecule is COc1cc(N2CC(C(=O)NCCCOC(C)c3ccccc3)CC2=O)cc(OC)c1OC. The van der Waals surface area contributed by atoms with Crippen LogP contribution in [0.2, 0.25) is 0 Å². The Bertz CT molecular complexity index is 924. The van der Waals surface area contributed by atoms with Gasteiger partial charge in [0.15, 0.2) is 11.5 Å². The standard InChI is InChI=1S/C25H32N2O6/c1-17(18-9-6-5-7-10-18)33-12-8-11-26-25(29)19-13-23(28)27(16-19)20-14-21(30-2)24(32-4)22(15-20)31-3/h5-7,9-10,14-15,17,19H,8,11-13,16H2,1-4H3,(H,26,29). The van der Waals surface area contributed by atoms with Crippen molar-refractivity contribution in [3.8, 4) is 17.2 Å². The van der Waals surface area contributed by atoms with E-state index in [1.165, 1.54) is 21.3 Å². The van der Waals surface area contributed by atoms with Gasteiger partial charge in [0.25, 0.3) is 0 Å². The van der Waals surface area contributed by atoms with Crippen LogP contribution in [0, 0.1) is 5.92 Å². The maximum absolute atomic E-state index is 12.6. The van der Waals surface area contributed by atoms with Crippen LogP contribution in [0.4, 0.5) is 5.69 Å². The van der Waals surface area contributed by atoms with E-state index in [2.05, 4.69) is 5.32 Å². The van der Waals surface area contributed by atoms with Crippen LogP contribution < -0.4 is 24.4 Å². The lowest BCUT2D eigenvalue weighted by Crippen LogP contribution is -2.33. The second-order valence-electron chi connectivity index (χ2n) is 7.86. The van der Waals surface area contributed by atoms with E-state index in [0.717, 1.165) is 5.56 Å². The summed E-state index contributed by atoms with van der Waals surface area (Å²) in [5.74, 6) is 0.697. The second-order valence-corrected chi connectivity index (χ2v) is 7.86. The molecule has 0 aromatic heterocycles. The fourth-order valence-corrected chi connectivity index (χ4v) is 3.86. The summed E-state index contributed by atoms with van der Waals surface area (Å²) in [5.41, 5.74) is 1.73. The number of nitrogens with one attached hydrogen (secondary N) is 1. The van der Waals surface area contributed by atoms with Crippen LogP contribution in [-0.2, 0) is 14.3 Å². The summed E-state index contributed by atoms with van der Waals surface area (Å²) in [4.78, 5) is 26.9. The van der Waals surface area contributed by atoms with E-state index in [0.29, 0.717) is 49.1 Å². The number of hydrogen-bond donors (Lipinski definition) is 1. The molecule has 0 saturated carbocycles. The van der Waals surface area contributed by atoms with Crippen molar-refractivity contribution in [3.63, 3.8) is 0 Å². The average Bonchev–Trinajstić information content (AvgIpc) is 3.24. The van der Waals surface area contributed by atoms with Crippen LogP contribution in [0.3, 0.4) is 0 Å². The smallest absolute Gasteiger partial charge is 0.227 e. The molecule has 0 bridgehead atoms. The quantitative estimate of drug-likeness (QED) is 0.522. The third-order valence-electron chi connectivity index (χ3n) is 5.71. The number of benzene rings is 2. The van der Waals surface area contributed by atoms with Gasteiger partial charge in [0.05, 0.1) is 39.0 Å². The Morgan fingerprint density at radius 2 is 1.76 bits per heavy atom. The van der Waals surface area contributed by atoms with E-state index >= 15 is 0 Å². The number of anilines is 1. The molecular formula is C25H32N2O6. The van der Waals surface area contributed by atoms with Gasteiger partial charge in [-0.3, -0.25) is 9.59 Å². The van der Waals surface area contributed by atoms with Crippen LogP contribution in [0.5, 0.6) is 17.2 Å². The molecule has 1 fully saturated rings. The van der Waals surface area contributed by atoms with Crippen molar-refractivity contribution in [3.05, 3.63) is 48.0 Å². The molecule has 33 heavy (non-hydrogen) atoms. The van der Waals surface area contributed by atoms with Crippen molar-refractivity contribution in [2.75, 3.05) is 45.9 Å². The molecule has 0 radical (unpaired) electrons. The number of rotatable bonds is 11. The number of carbonyl (C=O) groups excluding carboxylic acids is 2. The summed E-state index contributed by atoms with van der Waals surface area (Å²) in [6.07, 6.45) is 0.853. The number of methoxy groups -OCH3 is 3. The summed E-state index contributed by atoms with van der Waals surface area (Å²) in [7, 11) is 4.57. The molecule has 0 spiro atoms. The van der Waals surface area contributed by atoms with E-state index in [1.54, 1.807) is 17.0 Å². The number of nitrogens with zero attached hydrogens (tertiary/aromatic N) is 1. The Kier molecular flexibility index (Phi) is 8.54. The first-order valence-electron chi connectivity index (χ1n) is 11.0. The Labute approximate surface area is 194 Å². The van der Waals surface area contributed by atoms with Crippen molar-refractivity contribution in [1.82, 2.24) is 5.32 Å². The van der Waals surface area contributed by atoms with Gasteiger partial charge in [-0.15, -0.1) is 0 Å². The van der Waals surface area contributed by atoms with E-state index in [4.69, 9.17) is 18.9 Å². The zero-order chi connectivity index (χ0) is 23.8. The molecule has 2 atom stereocenters. The number of carbonyl (C=O) groups is 2. The molecule has 8 nitrogen and oxygen atoms in total. The molecule has 8 heteroatoms. The van der Waals surface area contributed by atoms with Gasteiger partial charge in [-0.2, -0.15) is 0 Å². The normalized spacial score (nSPS) is 16.4. The molecule has 178 valence electrons. The van der Waals surface area contributed by atoms with Crippen LogP contribution >= 0.6 is 0 Å². The van der Waals surface area contributed by atoms with E-state index in [9.17, 15) is 9.59 Å². The lowest BCUT2D eigenvalue weighted by molar-refractivity contribution is -0.126. The first kappa shape index (κ1) is 24.4. The topological polar surface area (TPSA) is 86.3 Å². The first-order valence-corrected chi connectivity index (χ1v) is 11.0. The summed E-state index contributed by atoms with van der Waals surface area (Å²) >= 11 is 0. The monoisotopic (exact) mass is 456 g/mol. The second kappa shape index (κ2) is 11.6. The number of ether oxygens (including phenoxy) is 4. The van der Waals surface area contributed by atoms with E-state index in [-0.39, 0.29) is 24.3 Å². The maximum Gasteiger partial charge on any atom is 0.227 e. The van der Waals surface area contributed by atoms with Gasteiger partial charge < -0.3 is 29.2 Å². The summed E-state index contributed by atoms with van der Waals surface area (Å²) in [6, 6.07) is 13.4. The molecule has 1 saturated heterocycles. The van der Waals surface area contributed by atoms with Gasteiger partial charge in [0.1, 0.15) is 0 Å². The van der Waals surface area contributed by atoms with Crippen LogP contribution in [0.25, 0.3) is 0 Å². The Morgan fingerprint density at radius 3 is 2.36 bits per heavy atom. The Morgan fingerprint density at radius 1 is 1.09 bits per heavy atom. The highest BCUT2D eigenvalue weighted by molar-refractivity contribution is 6.00. The largest absolute Gasteiger partial charge is 0.493 e. The lowest BCUT2D eigenvalue weighted by atomic mass is 10.1. The molecule has 1 aliphatic rings. The Balaban J connectivity index is 1.50. The van der Waals surface area contributed by atoms with Crippen molar-refractivity contribution < 1.29 is 28.5 Å². The van der Waals surface area contributed by atoms with E-state index in [1.807, 2.05) is 37.3 Å². The average molecular weight is 457 g/mol. The Hall–Kier alpha value is -3.26. The predicted octanol–water partition coefficient (Wildman–Crippen LogP) is 3.35. The van der Waals surface area contributed by atoms with Crippen LogP contribution in [0.15, 0.2) is 42.5 Å². The molecule has 2 amide bonds. The minimum atomic E-state index is -0.416. The third kappa shape index (κ3) is 5.96. The predicted molar refractivity (Wildman–Crippen MR) is 125 cm³/mol. The van der Waals surface area contributed by atoms with Gasteiger partial charge >= 0.3 is 0 Å². The highest BCUT2D eigenvalue weighted by atomic mass is 16.5. The fraction of sp³-hybridized carbons (Fsp3) is 0.440. The molecule has 2 aromatic rings. The lowest BCUT2D eigenvalue weighted by Gasteiger charge is -2.20. The van der Waals surface area contributed by atoms with E-state index < -0.39 is 5.92 Å². The van der Waals surface area contributed by atoms with Gasteiger partial charge in [-0.25, -0.2) is 0 Å². The van der Waals surface area contributed by atoms with Crippen LogP contribution in [0.1, 0.15) is 31.4 Å². The molecule has 1 N–H and O–H groups in total. The summed E-state index contributed by atoms with van der Waals surface area (Å²) in [5, 5.41) is 2.93. The minimum absolute atomic E-state index is 0.00129. The molecular weight excluding hydrogens is 424 g/mol. The fourth-order valence-electron chi connectivity index (χ4n) is 3.86. The van der Waals surface area contributed by atoms with Crippen molar-refractivity contribution in [1.29, 1.82) is 0 Å².